The molecule has 1 aliphatic rings. The molecule has 0 unspecified atom stereocenters. The van der Waals surface area contributed by atoms with Crippen molar-refractivity contribution in [3.63, 3.8) is 0 Å². The summed E-state index contributed by atoms with van der Waals surface area (Å²) in [5.41, 5.74) is -1.77. The summed E-state index contributed by atoms with van der Waals surface area (Å²) in [5.74, 6) is -7.67. The third-order valence-electron chi connectivity index (χ3n) is 3.09. The van der Waals surface area contributed by atoms with E-state index in [0.29, 0.717) is 38.1 Å². The van der Waals surface area contributed by atoms with Crippen LogP contribution in [-0.4, -0.2) is 24.2 Å². The summed E-state index contributed by atoms with van der Waals surface area (Å²) in [6.45, 7) is 0.633. The Morgan fingerprint density at radius 2 is 1.50 bits per heavy atom. The largest absolute Gasteiger partial charge is 0.478 e. The lowest BCUT2D eigenvalue weighted by atomic mass is 10.1. The number of benzene rings is 1. The molecule has 20 heavy (non-hydrogen) atoms. The van der Waals surface area contributed by atoms with Gasteiger partial charge in [-0.25, -0.2) is 22.4 Å². The average molecular weight is 289 g/mol. The first kappa shape index (κ1) is 14.4. The fraction of sp³-hybridized carbons (Fsp3) is 0.308. The summed E-state index contributed by atoms with van der Waals surface area (Å²) in [4.78, 5) is 11.6. The second kappa shape index (κ2) is 5.52. The van der Waals surface area contributed by atoms with Gasteiger partial charge in [0.1, 0.15) is 5.69 Å². The summed E-state index contributed by atoms with van der Waals surface area (Å²) in [7, 11) is 0. The number of rotatable bonds is 3. The van der Waals surface area contributed by atoms with Gasteiger partial charge in [0, 0.05) is 19.2 Å². The van der Waals surface area contributed by atoms with Gasteiger partial charge in [-0.3, -0.25) is 0 Å². The lowest BCUT2D eigenvalue weighted by Crippen LogP contribution is -2.22. The second-order valence-corrected chi connectivity index (χ2v) is 4.38. The molecule has 3 nitrogen and oxygen atoms in total. The van der Waals surface area contributed by atoms with Crippen molar-refractivity contribution >= 4 is 17.7 Å². The van der Waals surface area contributed by atoms with Gasteiger partial charge < -0.3 is 10.0 Å². The van der Waals surface area contributed by atoms with E-state index in [1.165, 1.54) is 4.90 Å². The van der Waals surface area contributed by atoms with Crippen molar-refractivity contribution in [1.29, 1.82) is 0 Å². The van der Waals surface area contributed by atoms with E-state index in [9.17, 15) is 22.4 Å². The predicted molar refractivity (Wildman–Crippen MR) is 64.4 cm³/mol. The van der Waals surface area contributed by atoms with Gasteiger partial charge in [0.25, 0.3) is 0 Å². The van der Waals surface area contributed by atoms with Crippen molar-refractivity contribution < 1.29 is 27.5 Å². The Hall–Kier alpha value is -2.05. The van der Waals surface area contributed by atoms with Crippen LogP contribution in [0.1, 0.15) is 18.4 Å². The first-order valence-corrected chi connectivity index (χ1v) is 5.95. The molecule has 1 saturated heterocycles. The number of anilines is 1. The number of halogens is 4. The third kappa shape index (κ3) is 2.48. The van der Waals surface area contributed by atoms with Gasteiger partial charge in [-0.1, -0.05) is 0 Å². The number of carbonyl (C=O) groups is 1. The van der Waals surface area contributed by atoms with E-state index >= 15 is 0 Å². The lowest BCUT2D eigenvalue weighted by molar-refractivity contribution is -0.131. The molecule has 0 radical (unpaired) electrons. The smallest absolute Gasteiger partial charge is 0.328 e. The number of hydrogen-bond acceptors (Lipinski definition) is 2. The van der Waals surface area contributed by atoms with E-state index < -0.39 is 40.5 Å². The Balaban J connectivity index is 2.55. The highest BCUT2D eigenvalue weighted by Crippen LogP contribution is 2.33. The summed E-state index contributed by atoms with van der Waals surface area (Å²) >= 11 is 0. The maximum atomic E-state index is 13.9. The number of nitrogens with zero attached hydrogens (tertiary/aromatic N) is 1. The SMILES string of the molecule is O=C(O)/C=C/c1c(F)c(F)c(N2CCCC2)c(F)c1F. The Morgan fingerprint density at radius 1 is 1.00 bits per heavy atom. The van der Waals surface area contributed by atoms with Crippen LogP contribution in [0.3, 0.4) is 0 Å². The molecule has 0 amide bonds. The van der Waals surface area contributed by atoms with Crippen LogP contribution in [0.2, 0.25) is 0 Å². The van der Waals surface area contributed by atoms with Crippen LogP contribution in [0.15, 0.2) is 6.08 Å². The maximum Gasteiger partial charge on any atom is 0.328 e. The molecule has 1 aliphatic heterocycles. The Kier molecular flexibility index (Phi) is 3.96. The molecular formula is C13H11F4NO2. The van der Waals surface area contributed by atoms with E-state index in [1.54, 1.807) is 0 Å². The minimum Gasteiger partial charge on any atom is -0.478 e. The maximum absolute atomic E-state index is 13.9. The van der Waals surface area contributed by atoms with Crippen LogP contribution < -0.4 is 4.90 Å². The molecule has 0 bridgehead atoms. The zero-order chi connectivity index (χ0) is 14.9. The standard InChI is InChI=1S/C13H11F4NO2/c14-9-7(3-4-8(19)20)10(15)12(17)13(11(9)16)18-5-1-2-6-18/h3-4H,1-2,5-6H2,(H,19,20)/b4-3+. The van der Waals surface area contributed by atoms with Gasteiger partial charge in [-0.15, -0.1) is 0 Å². The van der Waals surface area contributed by atoms with Gasteiger partial charge in [-0.2, -0.15) is 0 Å². The molecule has 1 aromatic rings. The normalized spacial score (nSPS) is 15.3. The van der Waals surface area contributed by atoms with Crippen LogP contribution in [-0.2, 0) is 4.79 Å². The van der Waals surface area contributed by atoms with Gasteiger partial charge in [0.2, 0.25) is 0 Å². The highest BCUT2D eigenvalue weighted by molar-refractivity contribution is 5.85. The van der Waals surface area contributed by atoms with E-state index in [2.05, 4.69) is 0 Å². The molecule has 108 valence electrons. The summed E-state index contributed by atoms with van der Waals surface area (Å²) in [6.07, 6.45) is 2.27. The van der Waals surface area contributed by atoms with Crippen LogP contribution in [0.5, 0.6) is 0 Å². The lowest BCUT2D eigenvalue weighted by Gasteiger charge is -2.20. The first-order valence-electron chi connectivity index (χ1n) is 5.95. The highest BCUT2D eigenvalue weighted by atomic mass is 19.2. The van der Waals surface area contributed by atoms with Crippen molar-refractivity contribution in [3.05, 3.63) is 34.9 Å². The number of carboxylic acids is 1. The molecule has 0 atom stereocenters. The number of carboxylic acid groups (broad SMARTS) is 1. The fourth-order valence-corrected chi connectivity index (χ4v) is 2.16. The molecule has 1 heterocycles. The van der Waals surface area contributed by atoms with E-state index in [0.717, 1.165) is 0 Å². The number of aliphatic carboxylic acids is 1. The quantitative estimate of drug-likeness (QED) is 0.528. The van der Waals surface area contributed by atoms with Gasteiger partial charge in [0.15, 0.2) is 23.3 Å². The third-order valence-corrected chi connectivity index (χ3v) is 3.09. The molecule has 1 fully saturated rings. The minimum absolute atomic E-state index is 0.316. The number of hydrogen-bond donors (Lipinski definition) is 1. The topological polar surface area (TPSA) is 40.5 Å². The first-order chi connectivity index (χ1) is 9.43. The van der Waals surface area contributed by atoms with Gasteiger partial charge in [-0.05, 0) is 18.9 Å². The molecule has 0 saturated carbocycles. The van der Waals surface area contributed by atoms with Crippen molar-refractivity contribution in [3.8, 4) is 0 Å². The molecule has 0 aromatic heterocycles. The zero-order valence-corrected chi connectivity index (χ0v) is 10.3. The molecule has 0 spiro atoms. The zero-order valence-electron chi connectivity index (χ0n) is 10.3. The Labute approximate surface area is 112 Å². The molecular weight excluding hydrogens is 278 g/mol. The molecule has 1 N–H and O–H groups in total. The van der Waals surface area contributed by atoms with Crippen LogP contribution in [0.4, 0.5) is 23.2 Å². The fourth-order valence-electron chi connectivity index (χ4n) is 2.16. The van der Waals surface area contributed by atoms with E-state index in [4.69, 9.17) is 5.11 Å². The van der Waals surface area contributed by atoms with Crippen molar-refractivity contribution in [1.82, 2.24) is 0 Å². The Morgan fingerprint density at radius 3 is 1.95 bits per heavy atom. The minimum atomic E-state index is -1.59. The molecule has 1 aromatic carbocycles. The highest BCUT2D eigenvalue weighted by Gasteiger charge is 2.28. The Bertz CT molecular complexity index is 551. The predicted octanol–water partition coefficient (Wildman–Crippen LogP) is 2.94. The van der Waals surface area contributed by atoms with Crippen molar-refractivity contribution in [2.24, 2.45) is 0 Å². The monoisotopic (exact) mass is 289 g/mol. The van der Waals surface area contributed by atoms with Gasteiger partial charge in [0.05, 0.1) is 5.56 Å². The average Bonchev–Trinajstić information content (AvgIpc) is 2.90. The summed E-state index contributed by atoms with van der Waals surface area (Å²) in [5, 5.41) is 8.39. The van der Waals surface area contributed by atoms with Crippen LogP contribution in [0, 0.1) is 23.3 Å². The van der Waals surface area contributed by atoms with E-state index in [1.807, 2.05) is 0 Å². The van der Waals surface area contributed by atoms with Crippen LogP contribution in [0.25, 0.3) is 6.08 Å². The van der Waals surface area contributed by atoms with Crippen LogP contribution >= 0.6 is 0 Å². The molecule has 7 heteroatoms. The summed E-state index contributed by atoms with van der Waals surface area (Å²) in [6, 6.07) is 0. The van der Waals surface area contributed by atoms with E-state index in [-0.39, 0.29) is 0 Å². The second-order valence-electron chi connectivity index (χ2n) is 4.38. The van der Waals surface area contributed by atoms with Crippen molar-refractivity contribution in [2.45, 2.75) is 12.8 Å². The summed E-state index contributed by atoms with van der Waals surface area (Å²) < 4.78 is 55.3. The molecule has 0 aliphatic carbocycles. The molecule has 2 rings (SSSR count). The van der Waals surface area contributed by atoms with Crippen molar-refractivity contribution in [2.75, 3.05) is 18.0 Å². The van der Waals surface area contributed by atoms with Gasteiger partial charge >= 0.3 is 5.97 Å².